The first kappa shape index (κ1) is 24.4. The summed E-state index contributed by atoms with van der Waals surface area (Å²) in [5.41, 5.74) is 7.76. The molecule has 0 aliphatic rings. The van der Waals surface area contributed by atoms with Crippen LogP contribution in [0.5, 0.6) is 0 Å². The van der Waals surface area contributed by atoms with Crippen molar-refractivity contribution in [1.29, 1.82) is 0 Å². The van der Waals surface area contributed by atoms with Gasteiger partial charge < -0.3 is 40.9 Å². The van der Waals surface area contributed by atoms with Gasteiger partial charge in [-0.05, 0) is 17.7 Å². The Kier molecular flexibility index (Phi) is 13.1. The smallest absolute Gasteiger partial charge is 0.326 e. The molecule has 5 nitrogen and oxygen atoms in total. The number of urea groups is 1. The number of hydrazine groups is 1. The molecule has 0 heterocycles. The second-order valence-electron chi connectivity index (χ2n) is 4.89. The number of amides is 2. The van der Waals surface area contributed by atoms with E-state index >= 15 is 0 Å². The van der Waals surface area contributed by atoms with Crippen molar-refractivity contribution >= 4 is 29.5 Å². The van der Waals surface area contributed by atoms with Crippen molar-refractivity contribution in [2.24, 2.45) is 11.6 Å². The van der Waals surface area contributed by atoms with E-state index in [1.807, 2.05) is 54.6 Å². The normalized spacial score (nSPS) is 9.11. The molecule has 0 aliphatic heterocycles. The molecule has 5 N–H and O–H groups in total. The average molecular weight is 426 g/mol. The summed E-state index contributed by atoms with van der Waals surface area (Å²) >= 11 is 5.76. The Hall–Kier alpha value is -2.63. The van der Waals surface area contributed by atoms with E-state index in [1.165, 1.54) is 0 Å². The Labute approximate surface area is 174 Å². The van der Waals surface area contributed by atoms with Crippen molar-refractivity contribution in [3.63, 3.8) is 0 Å². The van der Waals surface area contributed by atoms with Crippen LogP contribution < -0.4 is 17.0 Å². The maximum Gasteiger partial charge on any atom is 0.326 e. The summed E-state index contributed by atoms with van der Waals surface area (Å²) in [7, 11) is 0. The fraction of sp³-hybridized carbons (Fsp3) is 0. The van der Waals surface area contributed by atoms with Crippen LogP contribution in [-0.4, -0.2) is 11.8 Å². The van der Waals surface area contributed by atoms with Crippen LogP contribution in [-0.2, 0) is 17.1 Å². The predicted molar refractivity (Wildman–Crippen MR) is 106 cm³/mol. The van der Waals surface area contributed by atoms with Gasteiger partial charge in [0, 0.05) is 22.1 Å². The molecular weight excluding hydrogens is 406 g/mol. The zero-order valence-corrected chi connectivity index (χ0v) is 16.2. The third kappa shape index (κ3) is 11.6. The zero-order chi connectivity index (χ0) is 19.2. The molecule has 2 amide bonds. The van der Waals surface area contributed by atoms with Crippen LogP contribution in [0.4, 0.5) is 4.79 Å². The summed E-state index contributed by atoms with van der Waals surface area (Å²) in [5, 5.41) is 0.694. The number of halogens is 1. The summed E-state index contributed by atoms with van der Waals surface area (Å²) in [6, 6.07) is 23.9. The Morgan fingerprint density at radius 2 is 1.44 bits per heavy atom. The molecule has 0 aromatic heterocycles. The summed E-state index contributed by atoms with van der Waals surface area (Å²) in [4.78, 5) is 21.0. The number of hydrogen-bond acceptors (Lipinski definition) is 3. The SMILES string of the molecule is NNC(N)=O.O=C(C=Cc1ccc(Cl)cc1)[c-]1cccc1.[Fe].[cH-]1[cH-][cH-][cH-][cH-]1. The van der Waals surface area contributed by atoms with E-state index in [1.54, 1.807) is 41.8 Å². The number of rotatable bonds is 3. The summed E-state index contributed by atoms with van der Waals surface area (Å²) < 4.78 is 0. The van der Waals surface area contributed by atoms with Crippen molar-refractivity contribution < 1.29 is 26.7 Å². The first-order valence-corrected chi connectivity index (χ1v) is 8.03. The molecule has 3 rings (SSSR count). The molecule has 7 heteroatoms. The first-order valence-electron chi connectivity index (χ1n) is 7.65. The Balaban J connectivity index is 0.000000508. The van der Waals surface area contributed by atoms with E-state index in [9.17, 15) is 9.59 Å². The number of carbonyl (C=O) groups excluding carboxylic acids is 2. The van der Waals surface area contributed by atoms with E-state index in [4.69, 9.17) is 11.6 Å². The largest absolute Gasteiger partial charge is 0.748 e. The van der Waals surface area contributed by atoms with Crippen LogP contribution in [0.2, 0.25) is 5.02 Å². The van der Waals surface area contributed by atoms with Crippen molar-refractivity contribution in [1.82, 2.24) is 5.43 Å². The molecule has 0 saturated carbocycles. The number of nitrogens with one attached hydrogen (secondary N) is 1. The second kappa shape index (κ2) is 14.5. The molecule has 148 valence electrons. The van der Waals surface area contributed by atoms with Gasteiger partial charge in [-0.15, -0.1) is 12.1 Å². The average Bonchev–Trinajstić information content (AvgIpc) is 3.37. The number of benzene rings is 1. The maximum absolute atomic E-state index is 11.6. The van der Waals surface area contributed by atoms with E-state index in [0.717, 1.165) is 5.56 Å². The molecule has 3 aromatic carbocycles. The van der Waals surface area contributed by atoms with Crippen LogP contribution in [0.1, 0.15) is 15.9 Å². The van der Waals surface area contributed by atoms with Gasteiger partial charge in [-0.2, -0.15) is 12.1 Å². The van der Waals surface area contributed by atoms with Gasteiger partial charge >= 0.3 is 6.03 Å². The molecule has 0 spiro atoms. The van der Waals surface area contributed by atoms with Crippen molar-refractivity contribution in [2.45, 2.75) is 0 Å². The Morgan fingerprint density at radius 1 is 1.00 bits per heavy atom. The molecule has 0 bridgehead atoms. The molecule has 0 fully saturated rings. The monoisotopic (exact) mass is 425 g/mol. The van der Waals surface area contributed by atoms with E-state index < -0.39 is 6.03 Å². The third-order valence-electron chi connectivity index (χ3n) is 2.94. The Morgan fingerprint density at radius 3 is 1.85 bits per heavy atom. The quantitative estimate of drug-likeness (QED) is 0.113. The predicted octanol–water partition coefficient (Wildman–Crippen LogP) is 3.89. The topological polar surface area (TPSA) is 98.2 Å². The van der Waals surface area contributed by atoms with Crippen LogP contribution >= 0.6 is 11.6 Å². The van der Waals surface area contributed by atoms with Crippen molar-refractivity contribution in [2.75, 3.05) is 0 Å². The van der Waals surface area contributed by atoms with E-state index in [0.29, 0.717) is 10.6 Å². The zero-order valence-electron chi connectivity index (χ0n) is 14.4. The number of hydrogen-bond donors (Lipinski definition) is 3. The molecule has 0 aliphatic carbocycles. The van der Waals surface area contributed by atoms with Gasteiger partial charge in [-0.3, -0.25) is 5.43 Å². The molecule has 0 unspecified atom stereocenters. The van der Waals surface area contributed by atoms with E-state index in [-0.39, 0.29) is 22.9 Å². The number of ketones is 1. The molecular formula is C20H20ClFeN3O2-6. The van der Waals surface area contributed by atoms with Gasteiger partial charge in [-0.1, -0.05) is 41.4 Å². The number of primary amides is 1. The third-order valence-corrected chi connectivity index (χ3v) is 3.19. The van der Waals surface area contributed by atoms with Crippen molar-refractivity contribution in [3.05, 3.63) is 101 Å². The minimum Gasteiger partial charge on any atom is -0.748 e. The van der Waals surface area contributed by atoms with Crippen LogP contribution in [0.15, 0.2) is 84.9 Å². The molecule has 27 heavy (non-hydrogen) atoms. The van der Waals surface area contributed by atoms with Gasteiger partial charge in [0.15, 0.2) is 0 Å². The fourth-order valence-electron chi connectivity index (χ4n) is 1.70. The van der Waals surface area contributed by atoms with Crippen LogP contribution in [0.25, 0.3) is 6.08 Å². The minimum absolute atomic E-state index is 0. The fourth-order valence-corrected chi connectivity index (χ4v) is 1.83. The standard InChI is InChI=1S/C14H10ClO.C5H5.CH5N3O.Fe/c15-13-8-5-11(6-9-13)7-10-14(16)12-3-1-2-4-12;1-2-4-5-3-1;2-1(5)4-3;/h1-10H;1-5H;3H2,(H3,2,4,5);/q-1;-5;;. The van der Waals surface area contributed by atoms with E-state index in [2.05, 4.69) is 11.6 Å². The molecule has 0 saturated heterocycles. The molecule has 0 radical (unpaired) electrons. The van der Waals surface area contributed by atoms with Crippen LogP contribution in [0, 0.1) is 0 Å². The first-order chi connectivity index (χ1) is 12.5. The maximum atomic E-state index is 11.6. The van der Waals surface area contributed by atoms with Crippen LogP contribution in [0.3, 0.4) is 0 Å². The number of allylic oxidation sites excluding steroid dienone is 1. The molecule has 0 atom stereocenters. The minimum atomic E-state index is -0.718. The Bertz CT molecular complexity index is 766. The van der Waals surface area contributed by atoms with Gasteiger partial charge in [-0.25, -0.2) is 10.6 Å². The van der Waals surface area contributed by atoms with Gasteiger partial charge in [0.05, 0.1) is 0 Å². The number of nitrogens with two attached hydrogens (primary N) is 2. The van der Waals surface area contributed by atoms with Gasteiger partial charge in [0.2, 0.25) is 0 Å². The summed E-state index contributed by atoms with van der Waals surface area (Å²) in [6.45, 7) is 0. The van der Waals surface area contributed by atoms with Gasteiger partial charge in [0.1, 0.15) is 5.78 Å². The van der Waals surface area contributed by atoms with Gasteiger partial charge in [0.25, 0.3) is 0 Å². The number of carbonyl (C=O) groups is 2. The summed E-state index contributed by atoms with van der Waals surface area (Å²) in [6.07, 6.45) is 3.35. The second-order valence-corrected chi connectivity index (χ2v) is 5.33. The van der Waals surface area contributed by atoms with Crippen molar-refractivity contribution in [3.8, 4) is 0 Å². The molecule has 3 aromatic rings. The summed E-state index contributed by atoms with van der Waals surface area (Å²) in [5.74, 6) is 4.46.